The summed E-state index contributed by atoms with van der Waals surface area (Å²) in [5.74, 6) is -1.68. The van der Waals surface area contributed by atoms with Crippen molar-refractivity contribution in [1.29, 1.82) is 0 Å². The third kappa shape index (κ3) is 17.5. The zero-order valence-corrected chi connectivity index (χ0v) is 23.7. The van der Waals surface area contributed by atoms with Gasteiger partial charge in [-0.3, -0.25) is 18.6 Å². The molecule has 0 bridgehead atoms. The van der Waals surface area contributed by atoms with Gasteiger partial charge in [-0.05, 0) is 37.5 Å². The number of hydrogen-bond acceptors (Lipinski definition) is 7. The maximum Gasteiger partial charge on any atom is 0.472 e. The maximum atomic E-state index is 12.1. The highest BCUT2D eigenvalue weighted by atomic mass is 31.2. The Balaban J connectivity index is 2.19. The van der Waals surface area contributed by atoms with Gasteiger partial charge in [0.1, 0.15) is 5.75 Å². The molecule has 1 unspecified atom stereocenters. The molecule has 1 amide bonds. The number of nitrogens with one attached hydrogen (secondary N) is 1. The fraction of sp³-hybridized carbons (Fsp3) is 0.704. The van der Waals surface area contributed by atoms with Gasteiger partial charge in [-0.15, -0.1) is 0 Å². The van der Waals surface area contributed by atoms with E-state index in [1.54, 1.807) is 0 Å². The highest BCUT2D eigenvalue weighted by Gasteiger charge is 2.25. The van der Waals surface area contributed by atoms with Crippen molar-refractivity contribution >= 4 is 19.7 Å². The normalized spacial score (nSPS) is 14.4. The van der Waals surface area contributed by atoms with Gasteiger partial charge in [0.15, 0.2) is 0 Å². The van der Waals surface area contributed by atoms with E-state index in [-0.39, 0.29) is 18.9 Å². The number of carbonyl (C=O) groups is 2. The predicted octanol–water partition coefficient (Wildman–Crippen LogP) is 4.86. The number of benzene rings is 1. The molecule has 0 fully saturated rings. The van der Waals surface area contributed by atoms with Crippen LogP contribution in [0.2, 0.25) is 0 Å². The maximum absolute atomic E-state index is 12.1. The summed E-state index contributed by atoms with van der Waals surface area (Å²) in [5, 5.41) is 21.2. The van der Waals surface area contributed by atoms with Crippen molar-refractivity contribution in [1.82, 2.24) is 5.32 Å². The Hall–Kier alpha value is -1.97. The number of carbonyl (C=O) groups excluding carboxylic acids is 1. The minimum atomic E-state index is -4.51. The Bertz CT molecular complexity index is 852. The van der Waals surface area contributed by atoms with Crippen molar-refractivity contribution in [2.24, 2.45) is 5.92 Å². The number of unbranched alkanes of at least 4 members (excludes halogenated alkanes) is 8. The number of amides is 1. The standard InChI is InChI=1S/C27H46NO9P/c1-3-4-5-6-7-8-9-10-11-17-35-25-14-12-13-23(18-25)15-16-26(30)28-19-24(29)21-37-38(33,34)36-20-22(2)27(31)32/h12-14,18,22,24,29H,3-11,15-17,19-21H2,1-2H3,(H,28,30)(H,31,32)(H,33,34)/t22-,24-/m1/s1. The number of hydrogen-bond donors (Lipinski definition) is 4. The van der Waals surface area contributed by atoms with Gasteiger partial charge in [-0.2, -0.15) is 0 Å². The molecular weight excluding hydrogens is 513 g/mol. The molecule has 0 saturated heterocycles. The quantitative estimate of drug-likeness (QED) is 0.109. The molecule has 1 aromatic carbocycles. The van der Waals surface area contributed by atoms with Crippen LogP contribution in [0.4, 0.5) is 0 Å². The summed E-state index contributed by atoms with van der Waals surface area (Å²) >= 11 is 0. The predicted molar refractivity (Wildman–Crippen MR) is 145 cm³/mol. The molecule has 0 aliphatic carbocycles. The lowest BCUT2D eigenvalue weighted by molar-refractivity contribution is -0.142. The second-order valence-electron chi connectivity index (χ2n) is 9.58. The number of aryl methyl sites for hydroxylation is 1. The molecule has 38 heavy (non-hydrogen) atoms. The van der Waals surface area contributed by atoms with Gasteiger partial charge in [-0.25, -0.2) is 4.57 Å². The second-order valence-corrected chi connectivity index (χ2v) is 11.0. The SMILES string of the molecule is CCCCCCCCCCCOc1cccc(CCC(=O)NC[C@@H](O)COP(=O)(O)OC[C@@H](C)C(=O)O)c1. The topological polar surface area (TPSA) is 152 Å². The number of aliphatic hydroxyl groups is 1. The Morgan fingerprint density at radius 3 is 2.29 bits per heavy atom. The van der Waals surface area contributed by atoms with Crippen LogP contribution in [0.1, 0.15) is 83.6 Å². The molecule has 0 spiro atoms. The monoisotopic (exact) mass is 559 g/mol. The molecule has 1 rings (SSSR count). The van der Waals surface area contributed by atoms with E-state index in [0.29, 0.717) is 13.0 Å². The van der Waals surface area contributed by atoms with Gasteiger partial charge in [0.2, 0.25) is 5.91 Å². The first-order valence-electron chi connectivity index (χ1n) is 13.6. The lowest BCUT2D eigenvalue weighted by Crippen LogP contribution is -2.34. The molecule has 10 nitrogen and oxygen atoms in total. The Kier molecular flexibility index (Phi) is 17.9. The molecule has 3 atom stereocenters. The van der Waals surface area contributed by atoms with Crippen LogP contribution < -0.4 is 10.1 Å². The van der Waals surface area contributed by atoms with E-state index in [1.165, 1.54) is 51.9 Å². The summed E-state index contributed by atoms with van der Waals surface area (Å²) in [5.41, 5.74) is 0.961. The first-order chi connectivity index (χ1) is 18.1. The number of phosphoric acid groups is 1. The highest BCUT2D eigenvalue weighted by Crippen LogP contribution is 2.43. The van der Waals surface area contributed by atoms with Gasteiger partial charge in [0.05, 0.1) is 31.8 Å². The van der Waals surface area contributed by atoms with Crippen LogP contribution in [-0.4, -0.2) is 59.5 Å². The van der Waals surface area contributed by atoms with Crippen molar-refractivity contribution < 1.29 is 43.0 Å². The first-order valence-corrected chi connectivity index (χ1v) is 15.1. The first kappa shape index (κ1) is 34.1. The van der Waals surface area contributed by atoms with Gasteiger partial charge in [-0.1, -0.05) is 70.4 Å². The number of ether oxygens (including phenoxy) is 1. The zero-order valence-electron chi connectivity index (χ0n) is 22.8. The van der Waals surface area contributed by atoms with Crippen molar-refractivity contribution in [3.63, 3.8) is 0 Å². The van der Waals surface area contributed by atoms with Crippen molar-refractivity contribution in [2.45, 2.75) is 90.6 Å². The molecule has 0 aliphatic rings. The van der Waals surface area contributed by atoms with Crippen molar-refractivity contribution in [2.75, 3.05) is 26.4 Å². The molecule has 0 radical (unpaired) electrons. The number of aliphatic hydroxyl groups excluding tert-OH is 1. The molecule has 11 heteroatoms. The third-order valence-electron chi connectivity index (χ3n) is 5.93. The van der Waals surface area contributed by atoms with Gasteiger partial charge >= 0.3 is 13.8 Å². The smallest absolute Gasteiger partial charge is 0.472 e. The Morgan fingerprint density at radius 2 is 1.63 bits per heavy atom. The number of carboxylic acid groups (broad SMARTS) is 1. The lowest BCUT2D eigenvalue weighted by Gasteiger charge is -2.16. The second kappa shape index (κ2) is 20.0. The minimum Gasteiger partial charge on any atom is -0.494 e. The zero-order chi connectivity index (χ0) is 28.2. The van der Waals surface area contributed by atoms with E-state index in [1.807, 2.05) is 24.3 Å². The van der Waals surface area contributed by atoms with Crippen LogP contribution in [0.15, 0.2) is 24.3 Å². The summed E-state index contributed by atoms with van der Waals surface area (Å²) in [6, 6.07) is 7.64. The van der Waals surface area contributed by atoms with E-state index < -0.39 is 39.0 Å². The number of aliphatic carboxylic acids is 1. The van der Waals surface area contributed by atoms with E-state index in [4.69, 9.17) is 9.84 Å². The molecule has 0 heterocycles. The fourth-order valence-corrected chi connectivity index (χ4v) is 4.37. The summed E-state index contributed by atoms with van der Waals surface area (Å²) in [6.45, 7) is 2.97. The summed E-state index contributed by atoms with van der Waals surface area (Å²) in [7, 11) is -4.51. The van der Waals surface area contributed by atoms with E-state index in [0.717, 1.165) is 24.2 Å². The van der Waals surface area contributed by atoms with Gasteiger partial charge in [0, 0.05) is 13.0 Å². The minimum absolute atomic E-state index is 0.174. The largest absolute Gasteiger partial charge is 0.494 e. The molecule has 4 N–H and O–H groups in total. The molecule has 1 aromatic rings. The fourth-order valence-electron chi connectivity index (χ4n) is 3.53. The summed E-state index contributed by atoms with van der Waals surface area (Å²) < 4.78 is 26.8. The Morgan fingerprint density at radius 1 is 1.00 bits per heavy atom. The van der Waals surface area contributed by atoms with E-state index in [9.17, 15) is 24.2 Å². The van der Waals surface area contributed by atoms with Crippen molar-refractivity contribution in [3.8, 4) is 5.75 Å². The highest BCUT2D eigenvalue weighted by molar-refractivity contribution is 7.47. The van der Waals surface area contributed by atoms with Crippen LogP contribution >= 0.6 is 7.82 Å². The van der Waals surface area contributed by atoms with Crippen LogP contribution in [0.25, 0.3) is 0 Å². The molecule has 0 aromatic heterocycles. The van der Waals surface area contributed by atoms with Crippen LogP contribution in [0.3, 0.4) is 0 Å². The van der Waals surface area contributed by atoms with Crippen LogP contribution in [0.5, 0.6) is 5.75 Å². The van der Waals surface area contributed by atoms with E-state index >= 15 is 0 Å². The third-order valence-corrected chi connectivity index (χ3v) is 6.88. The number of carboxylic acids is 1. The van der Waals surface area contributed by atoms with E-state index in [2.05, 4.69) is 21.3 Å². The molecular formula is C27H46NO9P. The van der Waals surface area contributed by atoms with Gasteiger partial charge < -0.3 is 25.2 Å². The Labute approximate surface area is 226 Å². The molecule has 0 aliphatic heterocycles. The molecule has 218 valence electrons. The lowest BCUT2D eigenvalue weighted by atomic mass is 10.1. The average molecular weight is 560 g/mol. The van der Waals surface area contributed by atoms with Gasteiger partial charge in [0.25, 0.3) is 0 Å². The van der Waals surface area contributed by atoms with Crippen LogP contribution in [-0.2, 0) is 29.6 Å². The van der Waals surface area contributed by atoms with Crippen molar-refractivity contribution in [3.05, 3.63) is 29.8 Å². The van der Waals surface area contributed by atoms with Crippen LogP contribution in [0, 0.1) is 5.92 Å². The summed E-state index contributed by atoms with van der Waals surface area (Å²) in [6.07, 6.45) is 10.8. The number of rotatable bonds is 23. The average Bonchev–Trinajstić information content (AvgIpc) is 2.89. The molecule has 0 saturated carbocycles. The number of phosphoric ester groups is 1. The summed E-state index contributed by atoms with van der Waals surface area (Å²) in [4.78, 5) is 32.4.